The summed E-state index contributed by atoms with van der Waals surface area (Å²) in [7, 11) is -0.762. The number of sulfonamides is 1. The maximum atomic E-state index is 13.6. The average Bonchev–Trinajstić information content (AvgIpc) is 3.39. The number of piperidine rings is 1. The van der Waals surface area contributed by atoms with Crippen LogP contribution in [0.25, 0.3) is 22.3 Å². The van der Waals surface area contributed by atoms with Gasteiger partial charge in [-0.15, -0.1) is 0 Å². The lowest BCUT2D eigenvalue weighted by Gasteiger charge is -2.35. The number of rotatable bonds is 6. The van der Waals surface area contributed by atoms with E-state index in [0.29, 0.717) is 53.7 Å². The van der Waals surface area contributed by atoms with Crippen molar-refractivity contribution in [3.05, 3.63) is 89.0 Å². The molecule has 1 fully saturated rings. The maximum Gasteiger partial charge on any atom is 0.255 e. The molecule has 8 nitrogen and oxygen atoms in total. The van der Waals surface area contributed by atoms with Crippen LogP contribution in [-0.4, -0.2) is 58.6 Å². The summed E-state index contributed by atoms with van der Waals surface area (Å²) in [6.07, 6.45) is 2.42. The van der Waals surface area contributed by atoms with Crippen molar-refractivity contribution in [3.8, 4) is 11.3 Å². The first-order valence-electron chi connectivity index (χ1n) is 14.0. The Morgan fingerprint density at radius 3 is 2.19 bits per heavy atom. The largest absolute Gasteiger partial charge is 0.455 e. The lowest BCUT2D eigenvalue weighted by Crippen LogP contribution is -2.39. The molecule has 3 aromatic carbocycles. The average molecular weight is 612 g/mol. The van der Waals surface area contributed by atoms with Gasteiger partial charge in [-0.1, -0.05) is 13.8 Å². The molecule has 0 aliphatic carbocycles. The number of anilines is 1. The van der Waals surface area contributed by atoms with Crippen LogP contribution in [0.4, 0.5) is 14.5 Å². The third-order valence-electron chi connectivity index (χ3n) is 7.47. The van der Waals surface area contributed by atoms with E-state index in [1.54, 1.807) is 17.0 Å². The summed E-state index contributed by atoms with van der Waals surface area (Å²) in [4.78, 5) is 28.0. The highest BCUT2D eigenvalue weighted by molar-refractivity contribution is 7.92. The second kappa shape index (κ2) is 12.9. The summed E-state index contributed by atoms with van der Waals surface area (Å²) in [5, 5.41) is 3.09. The molecule has 5 rings (SSSR count). The number of likely N-dealkylation sites (tertiary alicyclic amines) is 1. The van der Waals surface area contributed by atoms with Crippen molar-refractivity contribution in [1.82, 2.24) is 10.2 Å². The number of hydrogen-bond donors (Lipinski definition) is 1. The molecular weight excluding hydrogens is 576 g/mol. The van der Waals surface area contributed by atoms with Gasteiger partial charge in [-0.3, -0.25) is 13.9 Å². The number of nitrogens with zero attached hydrogens (tertiary/aromatic N) is 2. The van der Waals surface area contributed by atoms with Crippen molar-refractivity contribution >= 4 is 38.5 Å². The molecule has 0 radical (unpaired) electrons. The van der Waals surface area contributed by atoms with Gasteiger partial charge in [0.05, 0.1) is 17.5 Å². The Balaban J connectivity index is 0.00000207. The Morgan fingerprint density at radius 1 is 1.00 bits per heavy atom. The quantitative estimate of drug-likeness (QED) is 0.281. The minimum atomic E-state index is -3.69. The minimum absolute atomic E-state index is 0.223. The summed E-state index contributed by atoms with van der Waals surface area (Å²) in [5.74, 6) is -1.59. The van der Waals surface area contributed by atoms with Crippen LogP contribution >= 0.6 is 0 Å². The van der Waals surface area contributed by atoms with Gasteiger partial charge in [0.2, 0.25) is 10.0 Å². The van der Waals surface area contributed by atoms with Gasteiger partial charge in [0.25, 0.3) is 11.8 Å². The topological polar surface area (TPSA) is 99.9 Å². The van der Waals surface area contributed by atoms with Gasteiger partial charge in [-0.05, 0) is 73.0 Å². The van der Waals surface area contributed by atoms with Crippen LogP contribution in [0, 0.1) is 11.6 Å². The standard InChI is InChI=1S/C30H29F2N3O5S.C2H6/c1-33-29(36)27-24-15-23(20-5-4-14-35(17-20)30(37)19-8-12-22(32)13-9-19)25(34(2)41(3,38)39)16-26(24)40-28(27)18-6-10-21(31)11-7-18;1-2/h6-13,15-16,20H,4-5,14,17H2,1-3H3,(H,33,36);1-2H3. The van der Waals surface area contributed by atoms with Gasteiger partial charge in [-0.25, -0.2) is 17.2 Å². The zero-order valence-corrected chi connectivity index (χ0v) is 25.6. The van der Waals surface area contributed by atoms with E-state index in [0.717, 1.165) is 10.6 Å². The molecule has 1 saturated heterocycles. The number of benzene rings is 3. The molecule has 2 heterocycles. The molecule has 1 aliphatic heterocycles. The Labute approximate surface area is 250 Å². The third kappa shape index (κ3) is 6.56. The van der Waals surface area contributed by atoms with Gasteiger partial charge in [0.15, 0.2) is 0 Å². The molecule has 11 heteroatoms. The van der Waals surface area contributed by atoms with E-state index in [-0.39, 0.29) is 28.7 Å². The summed E-state index contributed by atoms with van der Waals surface area (Å²) >= 11 is 0. The number of amides is 2. The van der Waals surface area contributed by atoms with Crippen molar-refractivity contribution in [3.63, 3.8) is 0 Å². The summed E-state index contributed by atoms with van der Waals surface area (Å²) in [5.41, 5.74) is 2.36. The highest BCUT2D eigenvalue weighted by Gasteiger charge is 2.31. The normalized spacial score (nSPS) is 15.0. The van der Waals surface area contributed by atoms with Crippen molar-refractivity contribution in [2.75, 3.05) is 37.7 Å². The highest BCUT2D eigenvalue weighted by atomic mass is 32.2. The smallest absolute Gasteiger partial charge is 0.255 e. The van der Waals surface area contributed by atoms with Crippen LogP contribution in [0.1, 0.15) is 58.9 Å². The summed E-state index contributed by atoms with van der Waals surface area (Å²) < 4.78 is 59.7. The molecular formula is C32H35F2N3O5S. The monoisotopic (exact) mass is 611 g/mol. The highest BCUT2D eigenvalue weighted by Crippen LogP contribution is 2.42. The Bertz CT molecular complexity index is 1740. The second-order valence-corrected chi connectivity index (χ2v) is 12.1. The minimum Gasteiger partial charge on any atom is -0.455 e. The van der Waals surface area contributed by atoms with E-state index in [1.165, 1.54) is 62.6 Å². The lowest BCUT2D eigenvalue weighted by molar-refractivity contribution is 0.0707. The van der Waals surface area contributed by atoms with Crippen LogP contribution in [0.3, 0.4) is 0 Å². The van der Waals surface area contributed by atoms with Crippen LogP contribution in [-0.2, 0) is 10.0 Å². The molecule has 0 saturated carbocycles. The molecule has 43 heavy (non-hydrogen) atoms. The van der Waals surface area contributed by atoms with Crippen LogP contribution in [0.15, 0.2) is 65.1 Å². The molecule has 1 atom stereocenters. The molecule has 1 N–H and O–H groups in total. The van der Waals surface area contributed by atoms with Crippen LogP contribution < -0.4 is 9.62 Å². The summed E-state index contributed by atoms with van der Waals surface area (Å²) in [6.45, 7) is 4.79. The first-order valence-corrected chi connectivity index (χ1v) is 15.9. The zero-order chi connectivity index (χ0) is 31.5. The molecule has 1 aromatic heterocycles. The molecule has 228 valence electrons. The fourth-order valence-corrected chi connectivity index (χ4v) is 5.79. The van der Waals surface area contributed by atoms with E-state index in [9.17, 15) is 26.8 Å². The maximum absolute atomic E-state index is 13.6. The van der Waals surface area contributed by atoms with E-state index in [4.69, 9.17) is 4.42 Å². The number of carbonyl (C=O) groups excluding carboxylic acids is 2. The van der Waals surface area contributed by atoms with Gasteiger partial charge in [0, 0.05) is 55.7 Å². The predicted molar refractivity (Wildman–Crippen MR) is 164 cm³/mol. The molecule has 1 aliphatic rings. The van der Waals surface area contributed by atoms with Crippen molar-refractivity contribution in [2.45, 2.75) is 32.6 Å². The molecule has 4 aromatic rings. The lowest BCUT2D eigenvalue weighted by atomic mass is 9.87. The van der Waals surface area contributed by atoms with E-state index in [1.807, 2.05) is 13.8 Å². The van der Waals surface area contributed by atoms with Gasteiger partial charge >= 0.3 is 0 Å². The molecule has 0 spiro atoms. The number of halogens is 2. The number of nitrogens with one attached hydrogen (secondary N) is 1. The Morgan fingerprint density at radius 2 is 1.60 bits per heavy atom. The Kier molecular flexibility index (Phi) is 9.54. The second-order valence-electron chi connectivity index (χ2n) is 10.1. The number of hydrogen-bond acceptors (Lipinski definition) is 5. The van der Waals surface area contributed by atoms with Crippen LogP contribution in [0.2, 0.25) is 0 Å². The summed E-state index contributed by atoms with van der Waals surface area (Å²) in [6, 6.07) is 14.2. The zero-order valence-electron chi connectivity index (χ0n) is 24.8. The number of furan rings is 1. The first kappa shape index (κ1) is 31.7. The molecule has 1 unspecified atom stereocenters. The van der Waals surface area contributed by atoms with E-state index in [2.05, 4.69) is 5.32 Å². The predicted octanol–water partition coefficient (Wildman–Crippen LogP) is 6.18. The van der Waals surface area contributed by atoms with Crippen molar-refractivity contribution < 1.29 is 31.2 Å². The fourth-order valence-electron chi connectivity index (χ4n) is 5.27. The number of fused-ring (bicyclic) bond motifs is 1. The number of carbonyl (C=O) groups is 2. The molecule has 0 bridgehead atoms. The van der Waals surface area contributed by atoms with E-state index >= 15 is 0 Å². The van der Waals surface area contributed by atoms with Crippen molar-refractivity contribution in [2.24, 2.45) is 0 Å². The van der Waals surface area contributed by atoms with Crippen molar-refractivity contribution in [1.29, 1.82) is 0 Å². The Hall–Kier alpha value is -4.25. The van der Waals surface area contributed by atoms with Gasteiger partial charge < -0.3 is 14.6 Å². The van der Waals surface area contributed by atoms with Gasteiger partial charge in [-0.2, -0.15) is 0 Å². The van der Waals surface area contributed by atoms with E-state index < -0.39 is 27.6 Å². The molecule has 2 amide bonds. The fraction of sp³-hybridized carbons (Fsp3) is 0.312. The SMILES string of the molecule is CC.CNC(=O)c1c(-c2ccc(F)cc2)oc2cc(N(C)S(C)(=O)=O)c(C3CCCN(C(=O)c4ccc(F)cc4)C3)cc12. The van der Waals surface area contributed by atoms with Gasteiger partial charge in [0.1, 0.15) is 23.0 Å². The first-order chi connectivity index (χ1) is 20.5. The van der Waals surface area contributed by atoms with Crippen LogP contribution in [0.5, 0.6) is 0 Å². The third-order valence-corrected chi connectivity index (χ3v) is 8.67.